The molecule has 1 spiro atoms. The predicted molar refractivity (Wildman–Crippen MR) is 107 cm³/mol. The summed E-state index contributed by atoms with van der Waals surface area (Å²) in [6.45, 7) is 1.82. The molecule has 7 nitrogen and oxygen atoms in total. The third kappa shape index (κ3) is 2.62. The van der Waals surface area contributed by atoms with Crippen molar-refractivity contribution in [2.45, 2.75) is 44.7 Å². The van der Waals surface area contributed by atoms with Crippen molar-refractivity contribution in [1.82, 2.24) is 19.9 Å². The van der Waals surface area contributed by atoms with E-state index in [0.717, 1.165) is 32.1 Å². The average molecular weight is 393 g/mol. The summed E-state index contributed by atoms with van der Waals surface area (Å²) in [6, 6.07) is 6.26. The second kappa shape index (κ2) is 6.37. The Morgan fingerprint density at radius 1 is 1.17 bits per heavy atom. The lowest BCUT2D eigenvalue weighted by atomic mass is 9.89. The average Bonchev–Trinajstić information content (AvgIpc) is 2.99. The van der Waals surface area contributed by atoms with E-state index in [-0.39, 0.29) is 17.0 Å². The molecule has 0 bridgehead atoms. The molecule has 1 fully saturated rings. The molecule has 0 unspecified atom stereocenters. The van der Waals surface area contributed by atoms with Gasteiger partial charge in [0, 0.05) is 5.39 Å². The van der Waals surface area contributed by atoms with Crippen LogP contribution in [0.4, 0.5) is 15.9 Å². The minimum atomic E-state index is -0.663. The first-order valence-electron chi connectivity index (χ1n) is 9.76. The van der Waals surface area contributed by atoms with Gasteiger partial charge in [-0.1, -0.05) is 12.5 Å². The molecule has 29 heavy (non-hydrogen) atoms. The molecule has 2 N–H and O–H groups in total. The summed E-state index contributed by atoms with van der Waals surface area (Å²) in [5.41, 5.74) is 0.663. The lowest BCUT2D eigenvalue weighted by molar-refractivity contribution is 0.0876. The van der Waals surface area contributed by atoms with Gasteiger partial charge in [0.2, 0.25) is 0 Å². The van der Waals surface area contributed by atoms with Gasteiger partial charge in [-0.3, -0.25) is 14.2 Å². The number of aromatic nitrogens is 3. The number of carbonyl (C=O) groups excluding carboxylic acids is 1. The highest BCUT2D eigenvalue weighted by atomic mass is 19.1. The third-order valence-corrected chi connectivity index (χ3v) is 5.93. The Hall–Kier alpha value is -3.29. The molecule has 3 heterocycles. The van der Waals surface area contributed by atoms with E-state index in [2.05, 4.69) is 20.6 Å². The highest BCUT2D eigenvalue weighted by Gasteiger charge is 2.45. The van der Waals surface area contributed by atoms with E-state index in [9.17, 15) is 14.0 Å². The molecule has 5 rings (SSSR count). The van der Waals surface area contributed by atoms with Crippen LogP contribution in [0.5, 0.6) is 0 Å². The number of halogens is 1. The summed E-state index contributed by atoms with van der Waals surface area (Å²) in [5, 5.41) is 6.61. The van der Waals surface area contributed by atoms with Gasteiger partial charge in [-0.05, 0) is 56.4 Å². The Kier molecular flexibility index (Phi) is 3.90. The fraction of sp³-hybridized carbons (Fsp3) is 0.333. The lowest BCUT2D eigenvalue weighted by Crippen LogP contribution is -2.48. The topological polar surface area (TPSA) is 88.9 Å². The first-order valence-corrected chi connectivity index (χ1v) is 9.76. The number of para-hydroxylation sites is 1. The van der Waals surface area contributed by atoms with Crippen molar-refractivity contribution < 1.29 is 9.18 Å². The summed E-state index contributed by atoms with van der Waals surface area (Å²) in [6.07, 6.45) is 5.74. The number of nitrogens with one attached hydrogen (secondary N) is 2. The van der Waals surface area contributed by atoms with Gasteiger partial charge >= 0.3 is 0 Å². The van der Waals surface area contributed by atoms with Gasteiger partial charge < -0.3 is 10.6 Å². The van der Waals surface area contributed by atoms with E-state index in [0.29, 0.717) is 28.1 Å². The van der Waals surface area contributed by atoms with E-state index < -0.39 is 11.5 Å². The Morgan fingerprint density at radius 3 is 2.76 bits per heavy atom. The Morgan fingerprint density at radius 2 is 1.97 bits per heavy atom. The molecule has 0 atom stereocenters. The summed E-state index contributed by atoms with van der Waals surface area (Å²) in [4.78, 5) is 34.3. The van der Waals surface area contributed by atoms with Gasteiger partial charge in [0.15, 0.2) is 0 Å². The maximum Gasteiger partial charge on any atom is 0.276 e. The number of anilines is 2. The van der Waals surface area contributed by atoms with Crippen LogP contribution in [0.1, 0.15) is 48.2 Å². The first kappa shape index (κ1) is 17.8. The molecule has 0 radical (unpaired) electrons. The standard InChI is InChI=1S/C21H20FN5O2/c1-12-10-15(25-18-13-6-5-7-14(22)16(13)23-11-24-18)20(29)27-17(12)19(28)26-21(27)8-3-2-4-9-21/h5-7,10-11H,2-4,8-9H2,1H3,(H,26,28)(H,23,24,25). The van der Waals surface area contributed by atoms with Crippen LogP contribution in [0.2, 0.25) is 0 Å². The van der Waals surface area contributed by atoms with Gasteiger partial charge in [-0.2, -0.15) is 0 Å². The van der Waals surface area contributed by atoms with Crippen LogP contribution in [0.3, 0.4) is 0 Å². The van der Waals surface area contributed by atoms with Gasteiger partial charge in [0.05, 0.1) is 0 Å². The molecule has 1 aliphatic heterocycles. The molecule has 1 saturated carbocycles. The number of hydrogen-bond donors (Lipinski definition) is 2. The zero-order valence-electron chi connectivity index (χ0n) is 16.0. The quantitative estimate of drug-likeness (QED) is 0.697. The van der Waals surface area contributed by atoms with Crippen LogP contribution < -0.4 is 16.2 Å². The first-order chi connectivity index (χ1) is 14.0. The molecule has 0 saturated heterocycles. The van der Waals surface area contributed by atoms with Crippen molar-refractivity contribution in [3.63, 3.8) is 0 Å². The summed E-state index contributed by atoms with van der Waals surface area (Å²) in [5.74, 6) is -0.310. The summed E-state index contributed by atoms with van der Waals surface area (Å²) in [7, 11) is 0. The number of hydrogen-bond acceptors (Lipinski definition) is 5. The fourth-order valence-electron chi connectivity index (χ4n) is 4.61. The van der Waals surface area contributed by atoms with E-state index in [4.69, 9.17) is 0 Å². The second-order valence-corrected chi connectivity index (χ2v) is 7.76. The predicted octanol–water partition coefficient (Wildman–Crippen LogP) is 3.34. The minimum Gasteiger partial charge on any atom is -0.335 e. The monoisotopic (exact) mass is 393 g/mol. The molecule has 3 aromatic rings. The largest absolute Gasteiger partial charge is 0.335 e. The van der Waals surface area contributed by atoms with Crippen LogP contribution in [-0.2, 0) is 5.66 Å². The molecule has 8 heteroatoms. The number of fused-ring (bicyclic) bond motifs is 3. The van der Waals surface area contributed by atoms with Crippen molar-refractivity contribution in [3.05, 3.63) is 58.0 Å². The van der Waals surface area contributed by atoms with Crippen molar-refractivity contribution in [2.75, 3.05) is 5.32 Å². The molecule has 1 aromatic carbocycles. The van der Waals surface area contributed by atoms with Gasteiger partial charge in [0.25, 0.3) is 11.5 Å². The zero-order valence-corrected chi connectivity index (χ0v) is 16.0. The molecular formula is C21H20FN5O2. The Balaban J connectivity index is 1.67. The molecule has 148 valence electrons. The maximum atomic E-state index is 14.1. The minimum absolute atomic E-state index is 0.184. The Labute approximate surface area is 166 Å². The number of amides is 1. The number of aryl methyl sites for hydroxylation is 1. The van der Waals surface area contributed by atoms with Crippen molar-refractivity contribution in [1.29, 1.82) is 0 Å². The lowest BCUT2D eigenvalue weighted by Gasteiger charge is -2.35. The molecule has 2 aromatic heterocycles. The van der Waals surface area contributed by atoms with Gasteiger partial charge in [-0.15, -0.1) is 0 Å². The normalized spacial score (nSPS) is 17.4. The molecular weight excluding hydrogens is 373 g/mol. The fourth-order valence-corrected chi connectivity index (χ4v) is 4.61. The molecule has 1 amide bonds. The Bertz CT molecular complexity index is 1210. The van der Waals surface area contributed by atoms with Crippen molar-refractivity contribution >= 4 is 28.3 Å². The van der Waals surface area contributed by atoms with Crippen molar-refractivity contribution in [2.24, 2.45) is 0 Å². The van der Waals surface area contributed by atoms with E-state index in [1.165, 1.54) is 12.4 Å². The summed E-state index contributed by atoms with van der Waals surface area (Å²) < 4.78 is 15.7. The van der Waals surface area contributed by atoms with Crippen molar-refractivity contribution in [3.8, 4) is 0 Å². The number of rotatable bonds is 2. The van der Waals surface area contributed by atoms with E-state index >= 15 is 0 Å². The van der Waals surface area contributed by atoms with Crippen LogP contribution in [-0.4, -0.2) is 20.4 Å². The maximum absolute atomic E-state index is 14.1. The SMILES string of the molecule is Cc1cc(Nc2ncnc3c(F)cccc23)c(=O)n2c1C(=O)NC21CCCCC1. The van der Waals surface area contributed by atoms with E-state index in [1.807, 2.05) is 6.92 Å². The van der Waals surface area contributed by atoms with E-state index in [1.54, 1.807) is 22.8 Å². The molecule has 2 aliphatic rings. The second-order valence-electron chi connectivity index (χ2n) is 7.76. The highest BCUT2D eigenvalue weighted by molar-refractivity contribution is 5.97. The third-order valence-electron chi connectivity index (χ3n) is 5.93. The number of nitrogens with zero attached hydrogens (tertiary/aromatic N) is 3. The highest BCUT2D eigenvalue weighted by Crippen LogP contribution is 2.37. The number of pyridine rings is 1. The molecule has 1 aliphatic carbocycles. The van der Waals surface area contributed by atoms with Gasteiger partial charge in [-0.25, -0.2) is 14.4 Å². The van der Waals surface area contributed by atoms with Crippen LogP contribution in [0.25, 0.3) is 10.9 Å². The van der Waals surface area contributed by atoms with Crippen LogP contribution in [0, 0.1) is 12.7 Å². The van der Waals surface area contributed by atoms with Gasteiger partial charge in [0.1, 0.15) is 40.5 Å². The summed E-state index contributed by atoms with van der Waals surface area (Å²) >= 11 is 0. The van der Waals surface area contributed by atoms with Crippen LogP contribution >= 0.6 is 0 Å². The smallest absolute Gasteiger partial charge is 0.276 e. The van der Waals surface area contributed by atoms with Crippen LogP contribution in [0.15, 0.2) is 35.4 Å². The number of carbonyl (C=O) groups is 1. The number of benzene rings is 1. The zero-order chi connectivity index (χ0) is 20.2.